The number of hydrogen-bond acceptors (Lipinski definition) is 7. The first-order valence-electron chi connectivity index (χ1n) is 9.08. The van der Waals surface area contributed by atoms with Gasteiger partial charge in [-0.1, -0.05) is 12.1 Å². The molecule has 0 saturated carbocycles. The predicted octanol–water partition coefficient (Wildman–Crippen LogP) is 2.95. The molecule has 28 heavy (non-hydrogen) atoms. The first kappa shape index (κ1) is 18.3. The van der Waals surface area contributed by atoms with Gasteiger partial charge in [0.05, 0.1) is 0 Å². The summed E-state index contributed by atoms with van der Waals surface area (Å²) in [5, 5.41) is 0. The third-order valence-electron chi connectivity index (χ3n) is 4.41. The molecule has 0 saturated heterocycles. The zero-order chi connectivity index (χ0) is 19.2. The molecule has 144 valence electrons. The Morgan fingerprint density at radius 1 is 0.929 bits per heavy atom. The Balaban J connectivity index is 1.51. The molecule has 0 atom stereocenters. The van der Waals surface area contributed by atoms with E-state index in [1.165, 1.54) is 0 Å². The van der Waals surface area contributed by atoms with Crippen LogP contribution in [0.1, 0.15) is 22.5 Å². The largest absolute Gasteiger partial charge is 0.454 e. The highest BCUT2D eigenvalue weighted by molar-refractivity contribution is 5.44. The van der Waals surface area contributed by atoms with Crippen LogP contribution in [0.3, 0.4) is 0 Å². The van der Waals surface area contributed by atoms with E-state index >= 15 is 0 Å². The van der Waals surface area contributed by atoms with Gasteiger partial charge < -0.3 is 14.2 Å². The normalized spacial score (nSPS) is 12.5. The molecule has 1 aromatic carbocycles. The number of fused-ring (bicyclic) bond motifs is 1. The molecule has 0 bridgehead atoms. The lowest BCUT2D eigenvalue weighted by Gasteiger charge is -2.22. The molecule has 0 radical (unpaired) electrons. The van der Waals surface area contributed by atoms with Crippen LogP contribution in [-0.4, -0.2) is 33.8 Å². The molecule has 1 aliphatic rings. The first-order chi connectivity index (χ1) is 13.8. The van der Waals surface area contributed by atoms with E-state index in [-0.39, 0.29) is 6.79 Å². The van der Waals surface area contributed by atoms with Crippen LogP contribution in [0, 0.1) is 0 Å². The molecule has 2 aromatic heterocycles. The number of hydrogen-bond donors (Lipinski definition) is 0. The summed E-state index contributed by atoms with van der Waals surface area (Å²) in [7, 11) is 1.64. The monoisotopic (exact) mass is 378 g/mol. The highest BCUT2D eigenvalue weighted by Crippen LogP contribution is 2.33. The Kier molecular flexibility index (Phi) is 5.75. The molecule has 0 N–H and O–H groups in total. The van der Waals surface area contributed by atoms with Crippen molar-refractivity contribution in [1.29, 1.82) is 0 Å². The molecule has 0 aliphatic carbocycles. The van der Waals surface area contributed by atoms with Gasteiger partial charge in [0, 0.05) is 57.1 Å². The van der Waals surface area contributed by atoms with Crippen molar-refractivity contribution in [3.8, 4) is 11.5 Å². The van der Waals surface area contributed by atoms with Gasteiger partial charge >= 0.3 is 0 Å². The molecule has 0 amide bonds. The molecule has 7 nitrogen and oxygen atoms in total. The van der Waals surface area contributed by atoms with E-state index in [2.05, 4.69) is 32.0 Å². The number of nitrogens with zero attached hydrogens (tertiary/aromatic N) is 4. The van der Waals surface area contributed by atoms with Crippen LogP contribution < -0.4 is 9.47 Å². The average Bonchev–Trinajstić information content (AvgIpc) is 3.18. The highest BCUT2D eigenvalue weighted by Gasteiger charge is 2.15. The molecule has 0 spiro atoms. The lowest BCUT2D eigenvalue weighted by Crippen LogP contribution is -2.22. The minimum atomic E-state index is 0.281. The van der Waals surface area contributed by atoms with E-state index in [1.54, 1.807) is 13.3 Å². The summed E-state index contributed by atoms with van der Waals surface area (Å²) in [4.78, 5) is 15.3. The van der Waals surface area contributed by atoms with Crippen molar-refractivity contribution in [2.45, 2.75) is 26.2 Å². The van der Waals surface area contributed by atoms with Gasteiger partial charge in [0.25, 0.3) is 0 Å². The molecule has 0 unspecified atom stereocenters. The Hall–Kier alpha value is -3.03. The standard InChI is InChI=1S/C21H22N4O3/c1-26-14-21-23-9-18(10-24-21)13-25(12-17-3-2-6-22-8-17)11-16-4-5-19-20(7-16)28-15-27-19/h2-10H,11-15H2,1H3. The number of ether oxygens (including phenoxy) is 3. The summed E-state index contributed by atoms with van der Waals surface area (Å²) in [5.41, 5.74) is 3.36. The van der Waals surface area contributed by atoms with Gasteiger partial charge in [-0.25, -0.2) is 9.97 Å². The van der Waals surface area contributed by atoms with E-state index in [0.717, 1.165) is 47.8 Å². The van der Waals surface area contributed by atoms with E-state index in [1.807, 2.05) is 36.8 Å². The summed E-state index contributed by atoms with van der Waals surface area (Å²) in [5.74, 6) is 2.27. The first-order valence-corrected chi connectivity index (χ1v) is 9.08. The van der Waals surface area contributed by atoms with Crippen LogP contribution in [0.15, 0.2) is 55.1 Å². The zero-order valence-corrected chi connectivity index (χ0v) is 15.7. The van der Waals surface area contributed by atoms with Crippen LogP contribution in [0.5, 0.6) is 11.5 Å². The van der Waals surface area contributed by atoms with Crippen LogP contribution >= 0.6 is 0 Å². The van der Waals surface area contributed by atoms with E-state index in [0.29, 0.717) is 12.4 Å². The third-order valence-corrected chi connectivity index (χ3v) is 4.41. The summed E-state index contributed by atoms with van der Waals surface area (Å²) >= 11 is 0. The summed E-state index contributed by atoms with van der Waals surface area (Å²) in [6.07, 6.45) is 7.40. The molecule has 1 aliphatic heterocycles. The average molecular weight is 378 g/mol. The van der Waals surface area contributed by atoms with Crippen molar-refractivity contribution in [2.75, 3.05) is 13.9 Å². The molecule has 4 rings (SSSR count). The minimum Gasteiger partial charge on any atom is -0.454 e. The van der Waals surface area contributed by atoms with E-state index < -0.39 is 0 Å². The number of rotatable bonds is 8. The Labute approximate surface area is 163 Å². The van der Waals surface area contributed by atoms with E-state index in [4.69, 9.17) is 14.2 Å². The SMILES string of the molecule is COCc1ncc(CN(Cc2cccnc2)Cc2ccc3c(c2)OCO3)cn1. The fourth-order valence-corrected chi connectivity index (χ4v) is 3.14. The second-order valence-corrected chi connectivity index (χ2v) is 6.63. The summed E-state index contributed by atoms with van der Waals surface area (Å²) in [6.45, 7) is 2.93. The van der Waals surface area contributed by atoms with Crippen molar-refractivity contribution in [1.82, 2.24) is 19.9 Å². The van der Waals surface area contributed by atoms with Gasteiger partial charge in [0.2, 0.25) is 6.79 Å². The Bertz CT molecular complexity index is 903. The fourth-order valence-electron chi connectivity index (χ4n) is 3.14. The van der Waals surface area contributed by atoms with Gasteiger partial charge in [-0.3, -0.25) is 9.88 Å². The Morgan fingerprint density at radius 2 is 1.71 bits per heavy atom. The second-order valence-electron chi connectivity index (χ2n) is 6.63. The molecular weight excluding hydrogens is 356 g/mol. The van der Waals surface area contributed by atoms with Crippen molar-refractivity contribution in [3.63, 3.8) is 0 Å². The predicted molar refractivity (Wildman–Crippen MR) is 102 cm³/mol. The van der Waals surface area contributed by atoms with Crippen molar-refractivity contribution < 1.29 is 14.2 Å². The van der Waals surface area contributed by atoms with E-state index in [9.17, 15) is 0 Å². The maximum Gasteiger partial charge on any atom is 0.231 e. The summed E-state index contributed by atoms with van der Waals surface area (Å²) < 4.78 is 16.0. The topological polar surface area (TPSA) is 69.6 Å². The summed E-state index contributed by atoms with van der Waals surface area (Å²) in [6, 6.07) is 10.1. The number of methoxy groups -OCH3 is 1. The van der Waals surface area contributed by atoms with Crippen molar-refractivity contribution in [2.24, 2.45) is 0 Å². The second kappa shape index (κ2) is 8.77. The van der Waals surface area contributed by atoms with Gasteiger partial charge in [-0.15, -0.1) is 0 Å². The quantitative estimate of drug-likeness (QED) is 0.597. The van der Waals surface area contributed by atoms with Crippen LogP contribution in [-0.2, 0) is 31.0 Å². The third kappa shape index (κ3) is 4.62. The van der Waals surface area contributed by atoms with Gasteiger partial charge in [-0.05, 0) is 29.3 Å². The van der Waals surface area contributed by atoms with Crippen molar-refractivity contribution >= 4 is 0 Å². The van der Waals surface area contributed by atoms with Gasteiger partial charge in [0.1, 0.15) is 6.61 Å². The number of aromatic nitrogens is 3. The molecule has 3 heterocycles. The van der Waals surface area contributed by atoms with Crippen LogP contribution in [0.25, 0.3) is 0 Å². The zero-order valence-electron chi connectivity index (χ0n) is 15.7. The number of benzene rings is 1. The lowest BCUT2D eigenvalue weighted by molar-refractivity contribution is 0.174. The molecule has 3 aromatic rings. The smallest absolute Gasteiger partial charge is 0.231 e. The molecule has 7 heteroatoms. The van der Waals surface area contributed by atoms with Crippen LogP contribution in [0.4, 0.5) is 0 Å². The fraction of sp³-hybridized carbons (Fsp3) is 0.286. The number of pyridine rings is 1. The van der Waals surface area contributed by atoms with Gasteiger partial charge in [0.15, 0.2) is 17.3 Å². The maximum absolute atomic E-state index is 5.51. The maximum atomic E-state index is 5.51. The molecule has 0 fully saturated rings. The van der Waals surface area contributed by atoms with Crippen LogP contribution in [0.2, 0.25) is 0 Å². The van der Waals surface area contributed by atoms with Gasteiger partial charge in [-0.2, -0.15) is 0 Å². The minimum absolute atomic E-state index is 0.281. The van der Waals surface area contributed by atoms with Crippen molar-refractivity contribution in [3.05, 3.63) is 77.6 Å². The Morgan fingerprint density at radius 3 is 2.50 bits per heavy atom. The lowest BCUT2D eigenvalue weighted by atomic mass is 10.1. The molecular formula is C21H22N4O3. The highest BCUT2D eigenvalue weighted by atomic mass is 16.7.